The van der Waals surface area contributed by atoms with Gasteiger partial charge in [0.2, 0.25) is 0 Å². The molecule has 0 saturated carbocycles. The number of carboxylic acid groups (broad SMARTS) is 1. The minimum Gasteiger partial charge on any atom is -0.477 e. The number of aryl methyl sites for hydroxylation is 1. The lowest BCUT2D eigenvalue weighted by Crippen LogP contribution is -2.26. The quantitative estimate of drug-likeness (QED) is 0.782. The summed E-state index contributed by atoms with van der Waals surface area (Å²) in [6, 6.07) is 11.0. The Morgan fingerprint density at radius 2 is 1.90 bits per heavy atom. The number of hydrogen-bond acceptors (Lipinski definition) is 3. The average molecular weight is 280 g/mol. The molecule has 1 N–H and O–H groups in total. The van der Waals surface area contributed by atoms with Gasteiger partial charge in [0.1, 0.15) is 11.4 Å². The second-order valence-corrected chi connectivity index (χ2v) is 4.74. The Morgan fingerprint density at radius 3 is 2.62 bits per heavy atom. The largest absolute Gasteiger partial charge is 0.477 e. The molecule has 0 spiro atoms. The summed E-state index contributed by atoms with van der Waals surface area (Å²) in [5, 5.41) is 11.1. The molecular weight excluding hydrogens is 268 g/mol. The highest BCUT2D eigenvalue weighted by molar-refractivity contribution is 5.89. The van der Waals surface area contributed by atoms with Crippen molar-refractivity contribution in [3.63, 3.8) is 0 Å². The molecule has 2 heterocycles. The lowest BCUT2D eigenvalue weighted by Gasteiger charge is -2.08. The molecule has 0 atom stereocenters. The minimum absolute atomic E-state index is 0.229. The molecule has 5 nitrogen and oxygen atoms in total. The predicted molar refractivity (Wildman–Crippen MR) is 79.0 cm³/mol. The van der Waals surface area contributed by atoms with Crippen LogP contribution in [0.5, 0.6) is 0 Å². The van der Waals surface area contributed by atoms with Gasteiger partial charge in [-0.15, -0.1) is 0 Å². The van der Waals surface area contributed by atoms with Crippen LogP contribution < -0.4 is 5.56 Å². The zero-order valence-corrected chi connectivity index (χ0v) is 11.3. The molecule has 0 radical (unpaired) electrons. The molecule has 104 valence electrons. The highest BCUT2D eigenvalue weighted by atomic mass is 16.4. The average Bonchev–Trinajstić information content (AvgIpc) is 2.46. The summed E-state index contributed by atoms with van der Waals surface area (Å²) in [5.41, 5.74) is -0.373. The van der Waals surface area contributed by atoms with Crippen LogP contribution in [0, 0.1) is 6.92 Å². The van der Waals surface area contributed by atoms with Gasteiger partial charge in [0.25, 0.3) is 5.56 Å². The first kappa shape index (κ1) is 13.1. The zero-order valence-electron chi connectivity index (χ0n) is 11.3. The molecule has 0 aliphatic rings. The SMILES string of the molecule is Cc1ccn(-c2cc3ccccc3cn2)c(=O)c1C(=O)O. The van der Waals surface area contributed by atoms with Crippen molar-refractivity contribution in [1.82, 2.24) is 9.55 Å². The minimum atomic E-state index is -1.23. The number of nitrogens with zero attached hydrogens (tertiary/aromatic N) is 2. The molecule has 0 saturated heterocycles. The smallest absolute Gasteiger partial charge is 0.341 e. The van der Waals surface area contributed by atoms with Gasteiger partial charge in [-0.1, -0.05) is 24.3 Å². The lowest BCUT2D eigenvalue weighted by molar-refractivity contribution is 0.0694. The number of fused-ring (bicyclic) bond motifs is 1. The van der Waals surface area contributed by atoms with Crippen LogP contribution in [0.1, 0.15) is 15.9 Å². The fraction of sp³-hybridized carbons (Fsp3) is 0.0625. The summed E-state index contributed by atoms with van der Waals surface area (Å²) in [6.45, 7) is 1.60. The van der Waals surface area contributed by atoms with E-state index in [0.717, 1.165) is 10.8 Å². The summed E-state index contributed by atoms with van der Waals surface area (Å²) in [6.07, 6.45) is 3.21. The van der Waals surface area contributed by atoms with Crippen LogP contribution in [-0.2, 0) is 0 Å². The first-order chi connectivity index (χ1) is 10.1. The molecular formula is C16H12N2O3. The van der Waals surface area contributed by atoms with Crippen molar-refractivity contribution >= 4 is 16.7 Å². The summed E-state index contributed by atoms with van der Waals surface area (Å²) < 4.78 is 1.25. The van der Waals surface area contributed by atoms with Gasteiger partial charge in [-0.05, 0) is 30.0 Å². The number of aromatic carboxylic acids is 1. The van der Waals surface area contributed by atoms with E-state index >= 15 is 0 Å². The molecule has 3 aromatic rings. The fourth-order valence-corrected chi connectivity index (χ4v) is 2.27. The third-order valence-electron chi connectivity index (χ3n) is 3.38. The number of aromatic nitrogens is 2. The van der Waals surface area contributed by atoms with Gasteiger partial charge in [-0.3, -0.25) is 9.36 Å². The van der Waals surface area contributed by atoms with Gasteiger partial charge in [-0.25, -0.2) is 9.78 Å². The number of pyridine rings is 2. The Kier molecular flexibility index (Phi) is 3.02. The molecule has 21 heavy (non-hydrogen) atoms. The van der Waals surface area contributed by atoms with Crippen molar-refractivity contribution in [3.8, 4) is 5.82 Å². The van der Waals surface area contributed by atoms with Crippen LogP contribution in [0.25, 0.3) is 16.6 Å². The second kappa shape index (κ2) is 4.86. The van der Waals surface area contributed by atoms with Crippen LogP contribution in [0.2, 0.25) is 0 Å². The van der Waals surface area contributed by atoms with Crippen molar-refractivity contribution in [2.45, 2.75) is 6.92 Å². The maximum Gasteiger partial charge on any atom is 0.341 e. The van der Waals surface area contributed by atoms with E-state index in [1.165, 1.54) is 4.57 Å². The predicted octanol–water partition coefficient (Wildman–Crippen LogP) is 2.39. The van der Waals surface area contributed by atoms with Gasteiger partial charge < -0.3 is 5.11 Å². The Bertz CT molecular complexity index is 913. The van der Waals surface area contributed by atoms with E-state index in [0.29, 0.717) is 11.4 Å². The van der Waals surface area contributed by atoms with E-state index < -0.39 is 11.5 Å². The van der Waals surface area contributed by atoms with E-state index in [2.05, 4.69) is 4.98 Å². The molecule has 0 unspecified atom stereocenters. The van der Waals surface area contributed by atoms with Crippen LogP contribution in [-0.4, -0.2) is 20.6 Å². The lowest BCUT2D eigenvalue weighted by atomic mass is 10.1. The first-order valence-corrected chi connectivity index (χ1v) is 6.38. The first-order valence-electron chi connectivity index (χ1n) is 6.38. The van der Waals surface area contributed by atoms with Gasteiger partial charge in [0.05, 0.1) is 0 Å². The molecule has 0 bridgehead atoms. The molecule has 1 aromatic carbocycles. The summed E-state index contributed by atoms with van der Waals surface area (Å²) in [5.74, 6) is -0.825. The summed E-state index contributed by atoms with van der Waals surface area (Å²) in [7, 11) is 0. The third-order valence-corrected chi connectivity index (χ3v) is 3.38. The normalized spacial score (nSPS) is 10.7. The zero-order chi connectivity index (χ0) is 15.0. The molecule has 0 fully saturated rings. The molecule has 0 aliphatic carbocycles. The maximum absolute atomic E-state index is 12.3. The maximum atomic E-state index is 12.3. The van der Waals surface area contributed by atoms with E-state index in [1.807, 2.05) is 24.3 Å². The van der Waals surface area contributed by atoms with Crippen molar-refractivity contribution in [1.29, 1.82) is 0 Å². The Hall–Kier alpha value is -2.95. The summed E-state index contributed by atoms with van der Waals surface area (Å²) in [4.78, 5) is 27.8. The highest BCUT2D eigenvalue weighted by Crippen LogP contribution is 2.15. The molecule has 0 aliphatic heterocycles. The Morgan fingerprint density at radius 1 is 1.19 bits per heavy atom. The van der Waals surface area contributed by atoms with Crippen molar-refractivity contribution in [2.75, 3.05) is 0 Å². The number of rotatable bonds is 2. The number of carbonyl (C=O) groups is 1. The van der Waals surface area contributed by atoms with E-state index in [-0.39, 0.29) is 5.56 Å². The van der Waals surface area contributed by atoms with Crippen LogP contribution in [0.15, 0.2) is 53.6 Å². The van der Waals surface area contributed by atoms with Gasteiger partial charge in [-0.2, -0.15) is 0 Å². The highest BCUT2D eigenvalue weighted by Gasteiger charge is 2.15. The van der Waals surface area contributed by atoms with Crippen LogP contribution >= 0.6 is 0 Å². The van der Waals surface area contributed by atoms with Crippen LogP contribution in [0.3, 0.4) is 0 Å². The molecule has 2 aromatic heterocycles. The molecule has 5 heteroatoms. The summed E-state index contributed by atoms with van der Waals surface area (Å²) >= 11 is 0. The topological polar surface area (TPSA) is 72.2 Å². The number of carboxylic acids is 1. The van der Waals surface area contributed by atoms with E-state index in [1.54, 1.807) is 31.5 Å². The Labute approximate surface area is 120 Å². The van der Waals surface area contributed by atoms with E-state index in [4.69, 9.17) is 5.11 Å². The van der Waals surface area contributed by atoms with Crippen molar-refractivity contribution < 1.29 is 9.90 Å². The van der Waals surface area contributed by atoms with E-state index in [9.17, 15) is 9.59 Å². The standard InChI is InChI=1S/C16H12N2O3/c1-10-6-7-18(15(19)14(10)16(20)21)13-8-11-4-2-3-5-12(11)9-17-13/h2-9H,1H3,(H,20,21). The van der Waals surface area contributed by atoms with Gasteiger partial charge in [0.15, 0.2) is 0 Å². The number of benzene rings is 1. The fourth-order valence-electron chi connectivity index (χ4n) is 2.27. The Balaban J connectivity index is 2.26. The van der Waals surface area contributed by atoms with Gasteiger partial charge in [0, 0.05) is 17.8 Å². The molecule has 3 rings (SSSR count). The third kappa shape index (κ3) is 2.18. The van der Waals surface area contributed by atoms with Crippen molar-refractivity contribution in [3.05, 3.63) is 70.3 Å². The second-order valence-electron chi connectivity index (χ2n) is 4.74. The monoisotopic (exact) mass is 280 g/mol. The van der Waals surface area contributed by atoms with Crippen LogP contribution in [0.4, 0.5) is 0 Å². The van der Waals surface area contributed by atoms with Crippen molar-refractivity contribution in [2.24, 2.45) is 0 Å². The molecule has 0 amide bonds. The van der Waals surface area contributed by atoms with Gasteiger partial charge >= 0.3 is 5.97 Å². The number of hydrogen-bond donors (Lipinski definition) is 1.